The second-order valence-electron chi connectivity index (χ2n) is 6.41. The number of carbonyl (C=O) groups is 1. The molecule has 2 N–H and O–H groups in total. The summed E-state index contributed by atoms with van der Waals surface area (Å²) in [5.74, 6) is 0.0411. The Morgan fingerprint density at radius 1 is 0.900 bits per heavy atom. The smallest absolute Gasteiger partial charge is 0.262 e. The first kappa shape index (κ1) is 22.0. The minimum atomic E-state index is -3.82. The van der Waals surface area contributed by atoms with Crippen LogP contribution in [0.25, 0.3) is 0 Å². The number of benzene rings is 3. The van der Waals surface area contributed by atoms with Crippen molar-refractivity contribution in [2.75, 3.05) is 16.6 Å². The molecule has 30 heavy (non-hydrogen) atoms. The lowest BCUT2D eigenvalue weighted by atomic mass is 10.2. The molecule has 6 nitrogen and oxygen atoms in total. The van der Waals surface area contributed by atoms with Gasteiger partial charge in [0.25, 0.3) is 15.9 Å². The standard InChI is InChI=1S/C21H18Cl2N2O4S/c1-14-2-4-15(5-3-14)24-21(26)13-29-17-7-9-18(10-8-17)30(27,28)25-16-6-11-19(22)20(23)12-16/h2-12,25H,13H2,1H3,(H,24,26). The van der Waals surface area contributed by atoms with Crippen LogP contribution in [0.15, 0.2) is 71.6 Å². The Morgan fingerprint density at radius 3 is 2.17 bits per heavy atom. The van der Waals surface area contributed by atoms with Crippen LogP contribution in [-0.4, -0.2) is 20.9 Å². The van der Waals surface area contributed by atoms with Gasteiger partial charge in [0.15, 0.2) is 6.61 Å². The molecule has 0 atom stereocenters. The van der Waals surface area contributed by atoms with Gasteiger partial charge in [-0.2, -0.15) is 0 Å². The zero-order valence-corrected chi connectivity index (χ0v) is 18.2. The van der Waals surface area contributed by atoms with Gasteiger partial charge in [-0.15, -0.1) is 0 Å². The number of aryl methyl sites for hydroxylation is 1. The van der Waals surface area contributed by atoms with E-state index in [9.17, 15) is 13.2 Å². The molecule has 0 radical (unpaired) electrons. The van der Waals surface area contributed by atoms with Crippen LogP contribution < -0.4 is 14.8 Å². The van der Waals surface area contributed by atoms with Crippen molar-refractivity contribution in [3.63, 3.8) is 0 Å². The van der Waals surface area contributed by atoms with Gasteiger partial charge in [-0.05, 0) is 61.5 Å². The zero-order valence-electron chi connectivity index (χ0n) is 15.9. The lowest BCUT2D eigenvalue weighted by molar-refractivity contribution is -0.118. The molecular formula is C21H18Cl2N2O4S. The molecule has 0 aliphatic carbocycles. The SMILES string of the molecule is Cc1ccc(NC(=O)COc2ccc(S(=O)(=O)Nc3ccc(Cl)c(Cl)c3)cc2)cc1. The molecule has 0 heterocycles. The average Bonchev–Trinajstić information content (AvgIpc) is 2.71. The number of anilines is 2. The second kappa shape index (κ2) is 9.38. The van der Waals surface area contributed by atoms with E-state index in [-0.39, 0.29) is 28.1 Å². The molecule has 0 unspecified atom stereocenters. The summed E-state index contributed by atoms with van der Waals surface area (Å²) in [5, 5.41) is 3.29. The molecular weight excluding hydrogens is 447 g/mol. The Kier molecular flexibility index (Phi) is 6.87. The van der Waals surface area contributed by atoms with E-state index in [4.69, 9.17) is 27.9 Å². The highest BCUT2D eigenvalue weighted by atomic mass is 35.5. The van der Waals surface area contributed by atoms with E-state index in [1.165, 1.54) is 42.5 Å². The minimum absolute atomic E-state index is 0.0324. The van der Waals surface area contributed by atoms with Gasteiger partial charge in [0.1, 0.15) is 5.75 Å². The summed E-state index contributed by atoms with van der Waals surface area (Å²) >= 11 is 11.7. The molecule has 0 saturated heterocycles. The summed E-state index contributed by atoms with van der Waals surface area (Å²) < 4.78 is 32.9. The van der Waals surface area contributed by atoms with Gasteiger partial charge in [-0.3, -0.25) is 9.52 Å². The Balaban J connectivity index is 1.58. The highest BCUT2D eigenvalue weighted by molar-refractivity contribution is 7.92. The number of rotatable bonds is 7. The molecule has 0 aromatic heterocycles. The van der Waals surface area contributed by atoms with Crippen molar-refractivity contribution in [1.82, 2.24) is 0 Å². The van der Waals surface area contributed by atoms with Crippen LogP contribution >= 0.6 is 23.2 Å². The van der Waals surface area contributed by atoms with Gasteiger partial charge in [0.2, 0.25) is 0 Å². The molecule has 3 aromatic carbocycles. The van der Waals surface area contributed by atoms with Crippen LogP contribution in [-0.2, 0) is 14.8 Å². The topological polar surface area (TPSA) is 84.5 Å². The van der Waals surface area contributed by atoms with Crippen molar-refractivity contribution in [3.05, 3.63) is 82.3 Å². The third kappa shape index (κ3) is 5.89. The van der Waals surface area contributed by atoms with Gasteiger partial charge >= 0.3 is 0 Å². The number of hydrogen-bond donors (Lipinski definition) is 2. The molecule has 0 aliphatic rings. The molecule has 1 amide bonds. The van der Waals surface area contributed by atoms with Crippen molar-refractivity contribution >= 4 is 50.5 Å². The Hall–Kier alpha value is -2.74. The third-order valence-corrected chi connectivity index (χ3v) is 6.15. The van der Waals surface area contributed by atoms with Crippen molar-refractivity contribution in [1.29, 1.82) is 0 Å². The van der Waals surface area contributed by atoms with E-state index >= 15 is 0 Å². The van der Waals surface area contributed by atoms with Gasteiger partial charge in [0.05, 0.1) is 20.6 Å². The fourth-order valence-electron chi connectivity index (χ4n) is 2.47. The number of carbonyl (C=O) groups excluding carboxylic acids is 1. The van der Waals surface area contributed by atoms with E-state index in [0.29, 0.717) is 16.5 Å². The lowest BCUT2D eigenvalue weighted by Gasteiger charge is -2.10. The highest BCUT2D eigenvalue weighted by Gasteiger charge is 2.15. The summed E-state index contributed by atoms with van der Waals surface area (Å²) in [4.78, 5) is 12.0. The van der Waals surface area contributed by atoms with E-state index < -0.39 is 10.0 Å². The number of halogens is 2. The van der Waals surface area contributed by atoms with Gasteiger partial charge in [0, 0.05) is 5.69 Å². The summed E-state index contributed by atoms with van der Waals surface area (Å²) in [6, 6.07) is 17.5. The molecule has 0 bridgehead atoms. The summed E-state index contributed by atoms with van der Waals surface area (Å²) in [6.45, 7) is 1.75. The predicted octanol–water partition coefficient (Wildman–Crippen LogP) is 5.12. The fourth-order valence-corrected chi connectivity index (χ4v) is 3.82. The summed E-state index contributed by atoms with van der Waals surface area (Å²) in [7, 11) is -3.82. The first-order valence-corrected chi connectivity index (χ1v) is 11.0. The molecule has 156 valence electrons. The minimum Gasteiger partial charge on any atom is -0.484 e. The largest absolute Gasteiger partial charge is 0.484 e. The molecule has 3 aromatic rings. The van der Waals surface area contributed by atoms with Gasteiger partial charge in [-0.25, -0.2) is 8.42 Å². The Bertz CT molecular complexity index is 1150. The van der Waals surface area contributed by atoms with E-state index in [1.807, 2.05) is 19.1 Å². The van der Waals surface area contributed by atoms with Crippen LogP contribution in [0.1, 0.15) is 5.56 Å². The van der Waals surface area contributed by atoms with Crippen LogP contribution in [0, 0.1) is 6.92 Å². The average molecular weight is 465 g/mol. The van der Waals surface area contributed by atoms with Crippen molar-refractivity contribution in [3.8, 4) is 5.75 Å². The van der Waals surface area contributed by atoms with Gasteiger partial charge < -0.3 is 10.1 Å². The molecule has 0 saturated carbocycles. The summed E-state index contributed by atoms with van der Waals surface area (Å²) in [5.41, 5.74) is 2.05. The van der Waals surface area contributed by atoms with E-state index in [0.717, 1.165) is 5.56 Å². The molecule has 0 spiro atoms. The maximum absolute atomic E-state index is 12.5. The Morgan fingerprint density at radius 2 is 1.53 bits per heavy atom. The van der Waals surface area contributed by atoms with Crippen molar-refractivity contribution in [2.24, 2.45) is 0 Å². The van der Waals surface area contributed by atoms with E-state index in [2.05, 4.69) is 10.0 Å². The van der Waals surface area contributed by atoms with Crippen molar-refractivity contribution < 1.29 is 17.9 Å². The number of ether oxygens (including phenoxy) is 1. The summed E-state index contributed by atoms with van der Waals surface area (Å²) in [6.07, 6.45) is 0. The van der Waals surface area contributed by atoms with Crippen LogP contribution in [0.5, 0.6) is 5.75 Å². The first-order valence-electron chi connectivity index (χ1n) is 8.80. The van der Waals surface area contributed by atoms with Crippen LogP contribution in [0.3, 0.4) is 0 Å². The number of amides is 1. The number of hydrogen-bond acceptors (Lipinski definition) is 4. The Labute approximate surface area is 184 Å². The maximum Gasteiger partial charge on any atom is 0.262 e. The zero-order chi connectivity index (χ0) is 21.7. The number of nitrogens with one attached hydrogen (secondary N) is 2. The number of sulfonamides is 1. The molecule has 0 fully saturated rings. The normalized spacial score (nSPS) is 11.0. The van der Waals surface area contributed by atoms with Crippen molar-refractivity contribution in [2.45, 2.75) is 11.8 Å². The molecule has 3 rings (SSSR count). The quantitative estimate of drug-likeness (QED) is 0.507. The lowest BCUT2D eigenvalue weighted by Crippen LogP contribution is -2.20. The first-order chi connectivity index (χ1) is 14.2. The maximum atomic E-state index is 12.5. The molecule has 0 aliphatic heterocycles. The van der Waals surface area contributed by atoms with Crippen LogP contribution in [0.4, 0.5) is 11.4 Å². The predicted molar refractivity (Wildman–Crippen MR) is 119 cm³/mol. The van der Waals surface area contributed by atoms with E-state index in [1.54, 1.807) is 12.1 Å². The second-order valence-corrected chi connectivity index (χ2v) is 8.91. The fraction of sp³-hybridized carbons (Fsp3) is 0.0952. The monoisotopic (exact) mass is 464 g/mol. The van der Waals surface area contributed by atoms with Gasteiger partial charge in [-0.1, -0.05) is 40.9 Å². The molecule has 9 heteroatoms. The highest BCUT2D eigenvalue weighted by Crippen LogP contribution is 2.27. The van der Waals surface area contributed by atoms with Crippen LogP contribution in [0.2, 0.25) is 10.0 Å². The third-order valence-electron chi connectivity index (χ3n) is 4.01.